The average molecular weight is 261 g/mol. The zero-order valence-electron chi connectivity index (χ0n) is 11.5. The van der Waals surface area contributed by atoms with Gasteiger partial charge in [0.2, 0.25) is 0 Å². The fraction of sp³-hybridized carbons (Fsp3) is 0.533. The van der Waals surface area contributed by atoms with Crippen molar-refractivity contribution in [2.75, 3.05) is 19.6 Å². The molecule has 0 aliphatic carbocycles. The maximum absolute atomic E-state index is 12.0. The maximum Gasteiger partial charge on any atom is 0.317 e. The van der Waals surface area contributed by atoms with Crippen molar-refractivity contribution in [1.82, 2.24) is 10.2 Å². The van der Waals surface area contributed by atoms with Crippen LogP contribution in [0.1, 0.15) is 31.4 Å². The van der Waals surface area contributed by atoms with E-state index in [1.165, 1.54) is 6.42 Å². The third kappa shape index (κ3) is 3.96. The van der Waals surface area contributed by atoms with Gasteiger partial charge >= 0.3 is 6.03 Å². The quantitative estimate of drug-likeness (QED) is 0.875. The monoisotopic (exact) mass is 261 g/mol. The lowest BCUT2D eigenvalue weighted by molar-refractivity contribution is 0.169. The number of nitrogens with one attached hydrogen (secondary N) is 1. The van der Waals surface area contributed by atoms with Gasteiger partial charge in [-0.25, -0.2) is 4.79 Å². The van der Waals surface area contributed by atoms with Crippen molar-refractivity contribution in [3.05, 3.63) is 35.9 Å². The van der Waals surface area contributed by atoms with Crippen molar-refractivity contribution >= 4 is 6.03 Å². The molecule has 1 aliphatic heterocycles. The van der Waals surface area contributed by atoms with Crippen molar-refractivity contribution in [2.24, 2.45) is 11.7 Å². The first-order valence-corrected chi connectivity index (χ1v) is 7.00. The largest absolute Gasteiger partial charge is 0.336 e. The van der Waals surface area contributed by atoms with E-state index in [-0.39, 0.29) is 12.1 Å². The van der Waals surface area contributed by atoms with Gasteiger partial charge in [-0.15, -0.1) is 0 Å². The number of hydrogen-bond donors (Lipinski definition) is 2. The highest BCUT2D eigenvalue weighted by Crippen LogP contribution is 2.15. The minimum atomic E-state index is -0.146. The minimum Gasteiger partial charge on any atom is -0.336 e. The average Bonchev–Trinajstić information content (AvgIpc) is 2.45. The Bertz CT molecular complexity index is 407. The molecule has 1 heterocycles. The highest BCUT2D eigenvalue weighted by molar-refractivity contribution is 5.74. The van der Waals surface area contributed by atoms with Gasteiger partial charge < -0.3 is 16.0 Å². The summed E-state index contributed by atoms with van der Waals surface area (Å²) in [6.45, 7) is 4.38. The summed E-state index contributed by atoms with van der Waals surface area (Å²) in [7, 11) is 0. The molecule has 104 valence electrons. The summed E-state index contributed by atoms with van der Waals surface area (Å²) in [4.78, 5) is 13.9. The molecule has 2 amide bonds. The molecule has 1 aliphatic rings. The fourth-order valence-corrected chi connectivity index (χ4v) is 2.50. The molecule has 1 saturated heterocycles. The van der Waals surface area contributed by atoms with E-state index < -0.39 is 0 Å². The lowest BCUT2D eigenvalue weighted by Gasteiger charge is -2.31. The van der Waals surface area contributed by atoms with Crippen LogP contribution < -0.4 is 11.1 Å². The predicted octanol–water partition coefficient (Wildman–Crippen LogP) is 2.13. The SMILES string of the molecule is CC1CCCN(C(=O)NCC(N)c2ccccc2)C1. The maximum atomic E-state index is 12.0. The van der Waals surface area contributed by atoms with Gasteiger partial charge in [0, 0.05) is 25.7 Å². The van der Waals surface area contributed by atoms with Crippen LogP contribution in [0.5, 0.6) is 0 Å². The van der Waals surface area contributed by atoms with E-state index in [9.17, 15) is 4.79 Å². The molecule has 3 N–H and O–H groups in total. The zero-order chi connectivity index (χ0) is 13.7. The third-order valence-corrected chi connectivity index (χ3v) is 3.65. The van der Waals surface area contributed by atoms with Gasteiger partial charge in [0.05, 0.1) is 0 Å². The summed E-state index contributed by atoms with van der Waals surface area (Å²) in [5, 5.41) is 2.93. The summed E-state index contributed by atoms with van der Waals surface area (Å²) in [6, 6.07) is 9.72. The van der Waals surface area contributed by atoms with E-state index in [2.05, 4.69) is 12.2 Å². The van der Waals surface area contributed by atoms with Crippen LogP contribution >= 0.6 is 0 Å². The van der Waals surface area contributed by atoms with E-state index in [0.717, 1.165) is 25.1 Å². The molecule has 2 rings (SSSR count). The second kappa shape index (κ2) is 6.57. The van der Waals surface area contributed by atoms with Crippen LogP contribution in [-0.2, 0) is 0 Å². The van der Waals surface area contributed by atoms with Gasteiger partial charge in [-0.1, -0.05) is 37.3 Å². The van der Waals surface area contributed by atoms with Gasteiger partial charge in [-0.3, -0.25) is 0 Å². The second-order valence-corrected chi connectivity index (χ2v) is 5.40. The van der Waals surface area contributed by atoms with Crippen LogP contribution in [0.25, 0.3) is 0 Å². The van der Waals surface area contributed by atoms with Crippen molar-refractivity contribution in [3.63, 3.8) is 0 Å². The predicted molar refractivity (Wildman–Crippen MR) is 76.7 cm³/mol. The van der Waals surface area contributed by atoms with E-state index in [1.807, 2.05) is 35.2 Å². The minimum absolute atomic E-state index is 0.0120. The summed E-state index contributed by atoms with van der Waals surface area (Å²) in [6.07, 6.45) is 2.31. The Balaban J connectivity index is 1.80. The Labute approximate surface area is 115 Å². The molecule has 19 heavy (non-hydrogen) atoms. The number of carbonyl (C=O) groups is 1. The molecule has 1 aromatic carbocycles. The molecule has 0 aromatic heterocycles. The molecule has 2 unspecified atom stereocenters. The number of nitrogens with two attached hydrogens (primary N) is 1. The highest BCUT2D eigenvalue weighted by atomic mass is 16.2. The number of benzene rings is 1. The lowest BCUT2D eigenvalue weighted by atomic mass is 10.0. The number of carbonyl (C=O) groups excluding carboxylic acids is 1. The molecule has 0 radical (unpaired) electrons. The Kier molecular flexibility index (Phi) is 4.80. The number of urea groups is 1. The molecule has 1 fully saturated rings. The smallest absolute Gasteiger partial charge is 0.317 e. The molecule has 2 atom stereocenters. The van der Waals surface area contributed by atoms with Crippen molar-refractivity contribution in [3.8, 4) is 0 Å². The van der Waals surface area contributed by atoms with Gasteiger partial charge in [-0.2, -0.15) is 0 Å². The Morgan fingerprint density at radius 1 is 1.47 bits per heavy atom. The number of nitrogens with zero attached hydrogens (tertiary/aromatic N) is 1. The van der Waals surface area contributed by atoms with Crippen LogP contribution in [0.4, 0.5) is 4.79 Å². The Morgan fingerprint density at radius 2 is 2.21 bits per heavy atom. The van der Waals surface area contributed by atoms with Crippen LogP contribution in [-0.4, -0.2) is 30.6 Å². The molecule has 0 saturated carbocycles. The zero-order valence-corrected chi connectivity index (χ0v) is 11.5. The molecule has 4 nitrogen and oxygen atoms in total. The molecule has 4 heteroatoms. The third-order valence-electron chi connectivity index (χ3n) is 3.65. The summed E-state index contributed by atoms with van der Waals surface area (Å²) in [5.74, 6) is 0.599. The summed E-state index contributed by atoms with van der Waals surface area (Å²) in [5.41, 5.74) is 7.12. The number of amides is 2. The standard InChI is InChI=1S/C15H23N3O/c1-12-6-5-9-18(11-12)15(19)17-10-14(16)13-7-3-2-4-8-13/h2-4,7-8,12,14H,5-6,9-11,16H2,1H3,(H,17,19). The normalized spacial score (nSPS) is 20.9. The van der Waals surface area contributed by atoms with E-state index in [1.54, 1.807) is 0 Å². The van der Waals surface area contributed by atoms with E-state index in [4.69, 9.17) is 5.73 Å². The van der Waals surface area contributed by atoms with Gasteiger partial charge in [-0.05, 0) is 24.3 Å². The summed E-state index contributed by atoms with van der Waals surface area (Å²) >= 11 is 0. The van der Waals surface area contributed by atoms with Crippen molar-refractivity contribution < 1.29 is 4.79 Å². The van der Waals surface area contributed by atoms with Crippen LogP contribution in [0, 0.1) is 5.92 Å². The number of piperidine rings is 1. The lowest BCUT2D eigenvalue weighted by Crippen LogP contribution is -2.46. The number of likely N-dealkylation sites (tertiary alicyclic amines) is 1. The highest BCUT2D eigenvalue weighted by Gasteiger charge is 2.21. The summed E-state index contributed by atoms with van der Waals surface area (Å²) < 4.78 is 0. The van der Waals surface area contributed by atoms with Crippen LogP contribution in [0.3, 0.4) is 0 Å². The Hall–Kier alpha value is -1.55. The molecule has 0 spiro atoms. The molecule has 0 bridgehead atoms. The van der Waals surface area contributed by atoms with Crippen molar-refractivity contribution in [1.29, 1.82) is 0 Å². The first-order valence-electron chi connectivity index (χ1n) is 7.00. The van der Waals surface area contributed by atoms with E-state index >= 15 is 0 Å². The van der Waals surface area contributed by atoms with E-state index in [0.29, 0.717) is 12.5 Å². The van der Waals surface area contributed by atoms with Crippen LogP contribution in [0.2, 0.25) is 0 Å². The second-order valence-electron chi connectivity index (χ2n) is 5.40. The Morgan fingerprint density at radius 3 is 2.89 bits per heavy atom. The van der Waals surface area contributed by atoms with Gasteiger partial charge in [0.25, 0.3) is 0 Å². The van der Waals surface area contributed by atoms with Gasteiger partial charge in [0.15, 0.2) is 0 Å². The molecule has 1 aromatic rings. The fourth-order valence-electron chi connectivity index (χ4n) is 2.50. The first-order chi connectivity index (χ1) is 9.16. The van der Waals surface area contributed by atoms with Crippen LogP contribution in [0.15, 0.2) is 30.3 Å². The number of hydrogen-bond acceptors (Lipinski definition) is 2. The van der Waals surface area contributed by atoms with Gasteiger partial charge in [0.1, 0.15) is 0 Å². The molecular formula is C15H23N3O. The topological polar surface area (TPSA) is 58.4 Å². The first kappa shape index (κ1) is 13.9. The molecular weight excluding hydrogens is 238 g/mol. The number of rotatable bonds is 3. The van der Waals surface area contributed by atoms with Crippen molar-refractivity contribution in [2.45, 2.75) is 25.8 Å².